The molecule has 0 radical (unpaired) electrons. The second-order valence-corrected chi connectivity index (χ2v) is 5.37. The maximum Gasteiger partial charge on any atom is 0.228 e. The van der Waals surface area contributed by atoms with Crippen LogP contribution in [-0.4, -0.2) is 24.2 Å². The van der Waals surface area contributed by atoms with Gasteiger partial charge in [-0.3, -0.25) is 4.79 Å². The van der Waals surface area contributed by atoms with E-state index in [2.05, 4.69) is 37.4 Å². The van der Waals surface area contributed by atoms with Crippen LogP contribution in [-0.2, 0) is 11.2 Å². The Hall–Kier alpha value is -1.35. The lowest BCUT2D eigenvalue weighted by atomic mass is 10.0. The maximum atomic E-state index is 11.8. The van der Waals surface area contributed by atoms with Crippen LogP contribution in [0.25, 0.3) is 0 Å². The van der Waals surface area contributed by atoms with Gasteiger partial charge in [-0.05, 0) is 44.2 Å². The first-order valence-corrected chi connectivity index (χ1v) is 6.53. The van der Waals surface area contributed by atoms with Crippen LogP contribution in [0.5, 0.6) is 0 Å². The zero-order valence-electron chi connectivity index (χ0n) is 11.1. The number of nitrogens with one attached hydrogen (secondary N) is 1. The van der Waals surface area contributed by atoms with E-state index in [1.54, 1.807) is 0 Å². The van der Waals surface area contributed by atoms with Crippen molar-refractivity contribution in [3.8, 4) is 0 Å². The first-order chi connectivity index (χ1) is 8.57. The molecule has 1 aliphatic rings. The van der Waals surface area contributed by atoms with E-state index >= 15 is 0 Å². The quantitative estimate of drug-likeness (QED) is 0.832. The fourth-order valence-electron chi connectivity index (χ4n) is 2.23. The molecule has 0 aliphatic heterocycles. The lowest BCUT2D eigenvalue weighted by Gasteiger charge is -2.13. The van der Waals surface area contributed by atoms with Gasteiger partial charge in [0.15, 0.2) is 0 Å². The summed E-state index contributed by atoms with van der Waals surface area (Å²) >= 11 is 0. The maximum absolute atomic E-state index is 11.8. The van der Waals surface area contributed by atoms with E-state index in [0.717, 1.165) is 19.3 Å². The number of carbonyl (C=O) groups excluding carboxylic acids is 1. The number of amides is 1. The molecule has 1 saturated carbocycles. The van der Waals surface area contributed by atoms with E-state index < -0.39 is 5.41 Å². The average molecular weight is 247 g/mol. The number of hydrogen-bond acceptors (Lipinski definition) is 2. The fraction of sp³-hybridized carbons (Fsp3) is 0.533. The minimum absolute atomic E-state index is 0.00904. The Bertz CT molecular complexity index is 450. The lowest BCUT2D eigenvalue weighted by molar-refractivity contribution is -0.127. The second kappa shape index (κ2) is 5.11. The molecule has 1 aromatic rings. The SMILES string of the molecule is Cc1ccc(CCNC(=O)C2(CO)CC2)c(C)c1. The summed E-state index contributed by atoms with van der Waals surface area (Å²) in [7, 11) is 0. The van der Waals surface area contributed by atoms with Gasteiger partial charge in [0.05, 0.1) is 12.0 Å². The molecule has 3 heteroatoms. The summed E-state index contributed by atoms with van der Waals surface area (Å²) in [4.78, 5) is 11.8. The highest BCUT2D eigenvalue weighted by molar-refractivity contribution is 5.85. The molecule has 1 amide bonds. The number of aliphatic hydroxyl groups is 1. The van der Waals surface area contributed by atoms with Gasteiger partial charge in [-0.15, -0.1) is 0 Å². The molecule has 0 atom stereocenters. The van der Waals surface area contributed by atoms with Crippen LogP contribution < -0.4 is 5.32 Å². The molecule has 1 fully saturated rings. The molecule has 18 heavy (non-hydrogen) atoms. The molecular formula is C15H21NO2. The van der Waals surface area contributed by atoms with Crippen LogP contribution in [0, 0.1) is 19.3 Å². The molecule has 3 nitrogen and oxygen atoms in total. The number of carbonyl (C=O) groups is 1. The highest BCUT2D eigenvalue weighted by Gasteiger charge is 2.49. The Morgan fingerprint density at radius 2 is 2.11 bits per heavy atom. The van der Waals surface area contributed by atoms with Gasteiger partial charge in [-0.25, -0.2) is 0 Å². The standard InChI is InChI=1S/C15H21NO2/c1-11-3-4-13(12(2)9-11)5-8-16-14(18)15(10-17)6-7-15/h3-4,9,17H,5-8,10H2,1-2H3,(H,16,18). The Kier molecular flexibility index (Phi) is 3.71. The van der Waals surface area contributed by atoms with Crippen LogP contribution in [0.2, 0.25) is 0 Å². The summed E-state index contributed by atoms with van der Waals surface area (Å²) in [5.41, 5.74) is 3.35. The minimum Gasteiger partial charge on any atom is -0.395 e. The molecule has 98 valence electrons. The first kappa shape index (κ1) is 13.1. The van der Waals surface area contributed by atoms with E-state index in [9.17, 15) is 4.79 Å². The van der Waals surface area contributed by atoms with Crippen molar-refractivity contribution in [1.82, 2.24) is 5.32 Å². The van der Waals surface area contributed by atoms with Gasteiger partial charge in [0, 0.05) is 6.54 Å². The predicted octanol–water partition coefficient (Wildman–Crippen LogP) is 1.73. The fourth-order valence-corrected chi connectivity index (χ4v) is 2.23. The predicted molar refractivity (Wildman–Crippen MR) is 71.4 cm³/mol. The van der Waals surface area contributed by atoms with Crippen molar-refractivity contribution in [2.75, 3.05) is 13.2 Å². The summed E-state index contributed by atoms with van der Waals surface area (Å²) in [5.74, 6) is 0.00904. The highest BCUT2D eigenvalue weighted by Crippen LogP contribution is 2.45. The summed E-state index contributed by atoms with van der Waals surface area (Å²) in [5, 5.41) is 12.1. The highest BCUT2D eigenvalue weighted by atomic mass is 16.3. The third-order valence-corrected chi connectivity index (χ3v) is 3.82. The van der Waals surface area contributed by atoms with Crippen LogP contribution in [0.4, 0.5) is 0 Å². The topological polar surface area (TPSA) is 49.3 Å². The van der Waals surface area contributed by atoms with Crippen molar-refractivity contribution >= 4 is 5.91 Å². The van der Waals surface area contributed by atoms with Gasteiger partial charge >= 0.3 is 0 Å². The smallest absolute Gasteiger partial charge is 0.228 e. The van der Waals surface area contributed by atoms with Crippen molar-refractivity contribution in [2.24, 2.45) is 5.41 Å². The van der Waals surface area contributed by atoms with Crippen LogP contribution in [0.15, 0.2) is 18.2 Å². The van der Waals surface area contributed by atoms with Crippen molar-refractivity contribution in [3.05, 3.63) is 34.9 Å². The van der Waals surface area contributed by atoms with E-state index in [1.165, 1.54) is 16.7 Å². The number of aliphatic hydroxyl groups excluding tert-OH is 1. The molecule has 1 aliphatic carbocycles. The van der Waals surface area contributed by atoms with Crippen molar-refractivity contribution in [3.63, 3.8) is 0 Å². The van der Waals surface area contributed by atoms with Gasteiger partial charge in [-0.1, -0.05) is 23.8 Å². The van der Waals surface area contributed by atoms with Crippen LogP contribution in [0.1, 0.15) is 29.5 Å². The number of benzene rings is 1. The van der Waals surface area contributed by atoms with Crippen LogP contribution >= 0.6 is 0 Å². The first-order valence-electron chi connectivity index (χ1n) is 6.53. The molecule has 0 bridgehead atoms. The molecule has 0 unspecified atom stereocenters. The Balaban J connectivity index is 1.83. The van der Waals surface area contributed by atoms with E-state index in [4.69, 9.17) is 5.11 Å². The summed E-state index contributed by atoms with van der Waals surface area (Å²) in [6, 6.07) is 6.38. The van der Waals surface area contributed by atoms with Crippen molar-refractivity contribution < 1.29 is 9.90 Å². The summed E-state index contributed by atoms with van der Waals surface area (Å²) in [6.45, 7) is 4.80. The summed E-state index contributed by atoms with van der Waals surface area (Å²) in [6.07, 6.45) is 2.48. The van der Waals surface area contributed by atoms with Crippen molar-refractivity contribution in [1.29, 1.82) is 0 Å². The second-order valence-electron chi connectivity index (χ2n) is 5.37. The zero-order chi connectivity index (χ0) is 13.2. The van der Waals surface area contributed by atoms with Gasteiger partial charge in [0.1, 0.15) is 0 Å². The van der Waals surface area contributed by atoms with E-state index in [-0.39, 0.29) is 12.5 Å². The molecule has 0 aromatic heterocycles. The van der Waals surface area contributed by atoms with Gasteiger partial charge in [-0.2, -0.15) is 0 Å². The third-order valence-electron chi connectivity index (χ3n) is 3.82. The number of hydrogen-bond donors (Lipinski definition) is 2. The number of aryl methyl sites for hydroxylation is 2. The summed E-state index contributed by atoms with van der Waals surface area (Å²) < 4.78 is 0. The van der Waals surface area contributed by atoms with Gasteiger partial charge < -0.3 is 10.4 Å². The Morgan fingerprint density at radius 3 is 2.67 bits per heavy atom. The molecule has 0 saturated heterocycles. The van der Waals surface area contributed by atoms with Crippen LogP contribution in [0.3, 0.4) is 0 Å². The molecular weight excluding hydrogens is 226 g/mol. The zero-order valence-corrected chi connectivity index (χ0v) is 11.1. The molecule has 0 heterocycles. The van der Waals surface area contributed by atoms with Crippen molar-refractivity contribution in [2.45, 2.75) is 33.1 Å². The molecule has 2 N–H and O–H groups in total. The molecule has 0 spiro atoms. The average Bonchev–Trinajstić information content (AvgIpc) is 3.12. The Morgan fingerprint density at radius 1 is 1.39 bits per heavy atom. The minimum atomic E-state index is -0.456. The van der Waals surface area contributed by atoms with E-state index in [0.29, 0.717) is 6.54 Å². The van der Waals surface area contributed by atoms with E-state index in [1.807, 2.05) is 0 Å². The van der Waals surface area contributed by atoms with Gasteiger partial charge in [0.2, 0.25) is 5.91 Å². The largest absolute Gasteiger partial charge is 0.395 e. The van der Waals surface area contributed by atoms with Gasteiger partial charge in [0.25, 0.3) is 0 Å². The number of rotatable bonds is 5. The normalized spacial score (nSPS) is 16.4. The molecule has 1 aromatic carbocycles. The molecule has 2 rings (SSSR count). The monoisotopic (exact) mass is 247 g/mol. The lowest BCUT2D eigenvalue weighted by Crippen LogP contribution is -2.35. The Labute approximate surface area is 108 Å². The third kappa shape index (κ3) is 2.72.